The van der Waals surface area contributed by atoms with Gasteiger partial charge in [0.1, 0.15) is 5.75 Å². The van der Waals surface area contributed by atoms with Crippen molar-refractivity contribution in [3.8, 4) is 5.75 Å². The van der Waals surface area contributed by atoms with Gasteiger partial charge in [-0.15, -0.1) is 5.10 Å². The number of ether oxygens (including phenoxy) is 1. The van der Waals surface area contributed by atoms with E-state index < -0.39 is 0 Å². The molecule has 1 aromatic heterocycles. The van der Waals surface area contributed by atoms with Gasteiger partial charge in [-0.05, 0) is 6.07 Å². The fourth-order valence-corrected chi connectivity index (χ4v) is 2.85. The average Bonchev–Trinajstić information content (AvgIpc) is 2.93. The molecule has 0 saturated carbocycles. The molecule has 6 heteroatoms. The first-order chi connectivity index (χ1) is 10.3. The molecule has 1 N–H and O–H groups in total. The summed E-state index contributed by atoms with van der Waals surface area (Å²) < 4.78 is 7.36. The summed E-state index contributed by atoms with van der Waals surface area (Å²) in [7, 11) is 3.66. The Balaban J connectivity index is 1.86. The number of benzene rings is 1. The molecule has 1 unspecified atom stereocenters. The average molecular weight is 287 g/mol. The lowest BCUT2D eigenvalue weighted by Crippen LogP contribution is -2.45. The molecule has 2 aromatic rings. The van der Waals surface area contributed by atoms with Crippen LogP contribution in [0.2, 0.25) is 0 Å². The molecule has 6 nitrogen and oxygen atoms in total. The van der Waals surface area contributed by atoms with Crippen LogP contribution < -0.4 is 10.1 Å². The van der Waals surface area contributed by atoms with Crippen molar-refractivity contribution in [2.45, 2.75) is 12.6 Å². The van der Waals surface area contributed by atoms with E-state index in [1.165, 1.54) is 5.56 Å². The first-order valence-electron chi connectivity index (χ1n) is 7.21. The Morgan fingerprint density at radius 2 is 2.24 bits per heavy atom. The van der Waals surface area contributed by atoms with Crippen molar-refractivity contribution < 1.29 is 4.74 Å². The van der Waals surface area contributed by atoms with Crippen LogP contribution in [0, 0.1) is 0 Å². The third kappa shape index (κ3) is 2.91. The number of aryl methyl sites for hydroxylation is 1. The third-order valence-electron chi connectivity index (χ3n) is 4.03. The van der Waals surface area contributed by atoms with Crippen molar-refractivity contribution in [3.05, 3.63) is 41.7 Å². The van der Waals surface area contributed by atoms with E-state index >= 15 is 0 Å². The second-order valence-electron chi connectivity index (χ2n) is 5.28. The quantitative estimate of drug-likeness (QED) is 0.908. The van der Waals surface area contributed by atoms with Crippen LogP contribution in [-0.4, -0.2) is 46.6 Å². The maximum absolute atomic E-state index is 5.52. The van der Waals surface area contributed by atoms with Crippen molar-refractivity contribution >= 4 is 0 Å². The fourth-order valence-electron chi connectivity index (χ4n) is 2.85. The number of nitrogens with zero attached hydrogens (tertiary/aromatic N) is 4. The molecule has 0 amide bonds. The van der Waals surface area contributed by atoms with E-state index in [1.807, 2.05) is 30.1 Å². The normalized spacial score (nSPS) is 19.6. The van der Waals surface area contributed by atoms with E-state index in [9.17, 15) is 0 Å². The topological polar surface area (TPSA) is 55.2 Å². The largest absolute Gasteiger partial charge is 0.496 e. The Morgan fingerprint density at radius 3 is 3.00 bits per heavy atom. The summed E-state index contributed by atoms with van der Waals surface area (Å²) in [4.78, 5) is 2.45. The number of aromatic nitrogens is 3. The summed E-state index contributed by atoms with van der Waals surface area (Å²) in [5.41, 5.74) is 2.35. The molecule has 1 aromatic carbocycles. The predicted octanol–water partition coefficient (Wildman–Crippen LogP) is 0.970. The Bertz CT molecular complexity index is 597. The van der Waals surface area contributed by atoms with Gasteiger partial charge in [0.05, 0.1) is 25.0 Å². The number of rotatable bonds is 4. The van der Waals surface area contributed by atoms with Crippen LogP contribution in [0.3, 0.4) is 0 Å². The lowest BCUT2D eigenvalue weighted by Gasteiger charge is -2.36. The van der Waals surface area contributed by atoms with E-state index in [-0.39, 0.29) is 0 Å². The molecule has 112 valence electrons. The first kappa shape index (κ1) is 14.0. The van der Waals surface area contributed by atoms with Gasteiger partial charge in [-0.1, -0.05) is 23.4 Å². The van der Waals surface area contributed by atoms with Gasteiger partial charge in [0.15, 0.2) is 0 Å². The van der Waals surface area contributed by atoms with Crippen molar-refractivity contribution in [3.63, 3.8) is 0 Å². The van der Waals surface area contributed by atoms with Gasteiger partial charge in [-0.3, -0.25) is 9.58 Å². The van der Waals surface area contributed by atoms with Crippen molar-refractivity contribution in [2.24, 2.45) is 7.05 Å². The minimum Gasteiger partial charge on any atom is -0.496 e. The SMILES string of the molecule is COc1ccccc1C1CNCCN1Cc1cnnn1C. The zero-order chi connectivity index (χ0) is 14.7. The second-order valence-corrected chi connectivity index (χ2v) is 5.28. The van der Waals surface area contributed by atoms with Gasteiger partial charge in [0, 0.05) is 38.8 Å². The monoisotopic (exact) mass is 287 g/mol. The Hall–Kier alpha value is -1.92. The molecule has 2 heterocycles. The van der Waals surface area contributed by atoms with Crippen LogP contribution in [0.15, 0.2) is 30.5 Å². The lowest BCUT2D eigenvalue weighted by molar-refractivity contribution is 0.147. The maximum Gasteiger partial charge on any atom is 0.123 e. The van der Waals surface area contributed by atoms with Crippen LogP contribution >= 0.6 is 0 Å². The molecule has 0 spiro atoms. The summed E-state index contributed by atoms with van der Waals surface area (Å²) in [5.74, 6) is 0.944. The Labute approximate surface area is 124 Å². The van der Waals surface area contributed by atoms with Crippen LogP contribution in [0.4, 0.5) is 0 Å². The highest BCUT2D eigenvalue weighted by Gasteiger charge is 2.26. The number of methoxy groups -OCH3 is 1. The summed E-state index contributed by atoms with van der Waals surface area (Å²) in [5, 5.41) is 11.5. The summed E-state index contributed by atoms with van der Waals surface area (Å²) in [6.45, 7) is 3.75. The number of piperazine rings is 1. The van der Waals surface area contributed by atoms with Crippen LogP contribution in [-0.2, 0) is 13.6 Å². The van der Waals surface area contributed by atoms with Gasteiger partial charge >= 0.3 is 0 Å². The predicted molar refractivity (Wildman–Crippen MR) is 80.0 cm³/mol. The van der Waals surface area contributed by atoms with E-state index in [2.05, 4.69) is 32.7 Å². The molecule has 3 rings (SSSR count). The van der Waals surface area contributed by atoms with E-state index in [0.717, 1.165) is 37.6 Å². The molecule has 1 aliphatic heterocycles. The van der Waals surface area contributed by atoms with Crippen LogP contribution in [0.5, 0.6) is 5.75 Å². The van der Waals surface area contributed by atoms with Gasteiger partial charge < -0.3 is 10.1 Å². The van der Waals surface area contributed by atoms with Gasteiger partial charge in [0.2, 0.25) is 0 Å². The molecule has 1 aliphatic rings. The molecule has 1 atom stereocenters. The third-order valence-corrected chi connectivity index (χ3v) is 4.03. The van der Waals surface area contributed by atoms with Gasteiger partial charge in [-0.25, -0.2) is 0 Å². The molecule has 1 saturated heterocycles. The first-order valence-corrected chi connectivity index (χ1v) is 7.21. The van der Waals surface area contributed by atoms with E-state index in [1.54, 1.807) is 7.11 Å². The molecule has 1 fully saturated rings. The highest BCUT2D eigenvalue weighted by Crippen LogP contribution is 2.30. The zero-order valence-electron chi connectivity index (χ0n) is 12.5. The molecule has 0 radical (unpaired) electrons. The number of para-hydroxylation sites is 1. The fraction of sp³-hybridized carbons (Fsp3) is 0.467. The Morgan fingerprint density at radius 1 is 1.38 bits per heavy atom. The highest BCUT2D eigenvalue weighted by atomic mass is 16.5. The second kappa shape index (κ2) is 6.24. The summed E-state index contributed by atoms with van der Waals surface area (Å²) >= 11 is 0. The standard InChI is InChI=1S/C15H21N5O/c1-19-12(9-17-18-19)11-20-8-7-16-10-14(20)13-5-3-4-6-15(13)21-2/h3-6,9,14,16H,7-8,10-11H2,1-2H3. The Kier molecular flexibility index (Phi) is 4.17. The molecular weight excluding hydrogens is 266 g/mol. The lowest BCUT2D eigenvalue weighted by atomic mass is 10.0. The van der Waals surface area contributed by atoms with Gasteiger partial charge in [0.25, 0.3) is 0 Å². The van der Waals surface area contributed by atoms with Crippen LogP contribution in [0.25, 0.3) is 0 Å². The van der Waals surface area contributed by atoms with Crippen molar-refractivity contribution in [1.29, 1.82) is 0 Å². The minimum atomic E-state index is 0.296. The maximum atomic E-state index is 5.52. The molecular formula is C15H21N5O. The van der Waals surface area contributed by atoms with E-state index in [4.69, 9.17) is 4.74 Å². The highest BCUT2D eigenvalue weighted by molar-refractivity contribution is 5.36. The van der Waals surface area contributed by atoms with Crippen LogP contribution in [0.1, 0.15) is 17.3 Å². The molecule has 21 heavy (non-hydrogen) atoms. The smallest absolute Gasteiger partial charge is 0.123 e. The molecule has 0 bridgehead atoms. The number of hydrogen-bond acceptors (Lipinski definition) is 5. The van der Waals surface area contributed by atoms with Crippen molar-refractivity contribution in [2.75, 3.05) is 26.7 Å². The van der Waals surface area contributed by atoms with Crippen molar-refractivity contribution in [1.82, 2.24) is 25.2 Å². The zero-order valence-corrected chi connectivity index (χ0v) is 12.5. The number of nitrogens with one attached hydrogen (secondary N) is 1. The summed E-state index contributed by atoms with van der Waals surface area (Å²) in [6, 6.07) is 8.54. The minimum absolute atomic E-state index is 0.296. The van der Waals surface area contributed by atoms with Gasteiger partial charge in [-0.2, -0.15) is 0 Å². The molecule has 0 aliphatic carbocycles. The number of hydrogen-bond donors (Lipinski definition) is 1. The summed E-state index contributed by atoms with van der Waals surface area (Å²) in [6.07, 6.45) is 1.83. The van der Waals surface area contributed by atoms with E-state index in [0.29, 0.717) is 6.04 Å².